The van der Waals surface area contributed by atoms with E-state index in [1.165, 1.54) is 17.0 Å². The minimum atomic E-state index is -1.00. The molecule has 0 heterocycles. The van der Waals surface area contributed by atoms with Crippen LogP contribution in [0.25, 0.3) is 0 Å². The van der Waals surface area contributed by atoms with Gasteiger partial charge in [-0.1, -0.05) is 12.1 Å². The van der Waals surface area contributed by atoms with E-state index < -0.39 is 35.2 Å². The van der Waals surface area contributed by atoms with Crippen molar-refractivity contribution in [3.8, 4) is 5.75 Å². The normalized spacial score (nSPS) is 13.8. The van der Waals surface area contributed by atoms with E-state index in [0.717, 1.165) is 0 Å². The maximum Gasteiger partial charge on any atom is 0.408 e. The molecular formula is C23H37N3O5S. The van der Waals surface area contributed by atoms with E-state index in [0.29, 0.717) is 5.56 Å². The van der Waals surface area contributed by atoms with Crippen molar-refractivity contribution in [3.63, 3.8) is 0 Å². The van der Waals surface area contributed by atoms with Crippen molar-refractivity contribution < 1.29 is 24.2 Å². The molecule has 1 rings (SSSR count). The van der Waals surface area contributed by atoms with Gasteiger partial charge in [0.05, 0.1) is 0 Å². The molecule has 8 nitrogen and oxygen atoms in total. The molecule has 180 valence electrons. The van der Waals surface area contributed by atoms with E-state index in [1.54, 1.807) is 46.8 Å². The SMILES string of the molecule is CC(C)N(C(=O)C(CS)NC(=O)OC(C)(C)C)C(C(=O)NC(C)(C)C)c1ccc(O)cc1. The number of amides is 3. The second-order valence-corrected chi connectivity index (χ2v) is 10.3. The first-order chi connectivity index (χ1) is 14.6. The lowest BCUT2D eigenvalue weighted by Gasteiger charge is -2.38. The molecule has 0 saturated carbocycles. The van der Waals surface area contributed by atoms with Gasteiger partial charge < -0.3 is 25.4 Å². The molecular weight excluding hydrogens is 430 g/mol. The summed E-state index contributed by atoms with van der Waals surface area (Å²) in [6, 6.07) is 3.76. The lowest BCUT2D eigenvalue weighted by Crippen LogP contribution is -2.57. The van der Waals surface area contributed by atoms with E-state index in [9.17, 15) is 19.5 Å². The minimum Gasteiger partial charge on any atom is -0.508 e. The zero-order valence-corrected chi connectivity index (χ0v) is 21.1. The number of hydrogen-bond acceptors (Lipinski definition) is 6. The molecule has 9 heteroatoms. The van der Waals surface area contributed by atoms with Crippen molar-refractivity contribution in [1.82, 2.24) is 15.5 Å². The van der Waals surface area contributed by atoms with Crippen LogP contribution in [-0.2, 0) is 14.3 Å². The number of phenols is 1. The fourth-order valence-corrected chi connectivity index (χ4v) is 3.28. The average Bonchev–Trinajstić information content (AvgIpc) is 2.61. The molecule has 1 aromatic rings. The highest BCUT2D eigenvalue weighted by molar-refractivity contribution is 7.80. The number of nitrogens with zero attached hydrogens (tertiary/aromatic N) is 1. The Morgan fingerprint density at radius 2 is 1.59 bits per heavy atom. The number of alkyl carbamates (subject to hydrolysis) is 1. The molecule has 0 aliphatic heterocycles. The van der Waals surface area contributed by atoms with Crippen molar-refractivity contribution in [2.45, 2.75) is 84.7 Å². The first-order valence-electron chi connectivity index (χ1n) is 10.6. The summed E-state index contributed by atoms with van der Waals surface area (Å²) < 4.78 is 5.27. The van der Waals surface area contributed by atoms with Gasteiger partial charge in [-0.3, -0.25) is 9.59 Å². The predicted molar refractivity (Wildman–Crippen MR) is 128 cm³/mol. The third kappa shape index (κ3) is 8.61. The Balaban J connectivity index is 3.36. The van der Waals surface area contributed by atoms with Gasteiger partial charge in [0.15, 0.2) is 0 Å². The first-order valence-corrected chi connectivity index (χ1v) is 11.2. The number of phenolic OH excluding ortho intramolecular Hbond substituents is 1. The molecule has 2 unspecified atom stereocenters. The van der Waals surface area contributed by atoms with Crippen molar-refractivity contribution in [2.75, 3.05) is 5.75 Å². The third-order valence-corrected chi connectivity index (χ3v) is 4.58. The van der Waals surface area contributed by atoms with Gasteiger partial charge in [-0.25, -0.2) is 4.79 Å². The number of aromatic hydroxyl groups is 1. The fraction of sp³-hybridized carbons (Fsp3) is 0.609. The van der Waals surface area contributed by atoms with Gasteiger partial charge in [0.25, 0.3) is 0 Å². The van der Waals surface area contributed by atoms with Crippen LogP contribution >= 0.6 is 12.6 Å². The molecule has 0 aliphatic carbocycles. The van der Waals surface area contributed by atoms with Gasteiger partial charge in [0.1, 0.15) is 23.4 Å². The third-order valence-electron chi connectivity index (χ3n) is 4.22. The number of carbonyl (C=O) groups is 3. The van der Waals surface area contributed by atoms with Crippen LogP contribution in [0.5, 0.6) is 5.75 Å². The maximum atomic E-state index is 13.5. The number of ether oxygens (including phenoxy) is 1. The summed E-state index contributed by atoms with van der Waals surface area (Å²) in [4.78, 5) is 40.6. The summed E-state index contributed by atoms with van der Waals surface area (Å²) in [6.07, 6.45) is -0.742. The van der Waals surface area contributed by atoms with Crippen LogP contribution in [0, 0.1) is 0 Å². The van der Waals surface area contributed by atoms with E-state index in [-0.39, 0.29) is 23.5 Å². The van der Waals surface area contributed by atoms with Crippen LogP contribution in [0.1, 0.15) is 67.0 Å². The van der Waals surface area contributed by atoms with Crippen LogP contribution in [0.2, 0.25) is 0 Å². The molecule has 2 atom stereocenters. The van der Waals surface area contributed by atoms with Crippen LogP contribution in [-0.4, -0.2) is 56.9 Å². The van der Waals surface area contributed by atoms with Gasteiger partial charge >= 0.3 is 6.09 Å². The topological polar surface area (TPSA) is 108 Å². The van der Waals surface area contributed by atoms with E-state index in [1.807, 2.05) is 20.8 Å². The standard InChI is InChI=1S/C23H37N3O5S/c1-14(2)26(20(29)17(13-32)24-21(30)31-23(6,7)8)18(19(28)25-22(3,4)5)15-9-11-16(27)12-10-15/h9-12,14,17-18,27,32H,13H2,1-8H3,(H,24,30)(H,25,28). The van der Waals surface area contributed by atoms with Gasteiger partial charge in [-0.2, -0.15) is 12.6 Å². The summed E-state index contributed by atoms with van der Waals surface area (Å²) in [5, 5.41) is 15.2. The van der Waals surface area contributed by atoms with Crippen molar-refractivity contribution >= 4 is 30.5 Å². The monoisotopic (exact) mass is 467 g/mol. The summed E-state index contributed by atoms with van der Waals surface area (Å²) >= 11 is 4.24. The molecule has 0 spiro atoms. The summed E-state index contributed by atoms with van der Waals surface area (Å²) in [5.41, 5.74) is -0.732. The lowest BCUT2D eigenvalue weighted by molar-refractivity contribution is -0.144. The molecule has 0 radical (unpaired) electrons. The zero-order valence-electron chi connectivity index (χ0n) is 20.2. The molecule has 32 heavy (non-hydrogen) atoms. The summed E-state index contributed by atoms with van der Waals surface area (Å²) in [5.74, 6) is -0.779. The van der Waals surface area contributed by atoms with Crippen molar-refractivity contribution in [1.29, 1.82) is 0 Å². The van der Waals surface area contributed by atoms with Gasteiger partial charge in [0.2, 0.25) is 11.8 Å². The second kappa shape index (κ2) is 10.9. The molecule has 0 bridgehead atoms. The Kier molecular flexibility index (Phi) is 9.44. The molecule has 0 aromatic heterocycles. The number of benzene rings is 1. The van der Waals surface area contributed by atoms with Crippen molar-refractivity contribution in [2.24, 2.45) is 0 Å². The highest BCUT2D eigenvalue weighted by Gasteiger charge is 2.38. The van der Waals surface area contributed by atoms with E-state index in [2.05, 4.69) is 23.3 Å². The zero-order chi connectivity index (χ0) is 24.9. The van der Waals surface area contributed by atoms with Crippen LogP contribution in [0.15, 0.2) is 24.3 Å². The number of rotatable bonds is 7. The Morgan fingerprint density at radius 3 is 2.00 bits per heavy atom. The van der Waals surface area contributed by atoms with Gasteiger partial charge in [-0.15, -0.1) is 0 Å². The Labute approximate surface area is 196 Å². The predicted octanol–water partition coefficient (Wildman–Crippen LogP) is 3.41. The quantitative estimate of drug-likeness (QED) is 0.460. The maximum absolute atomic E-state index is 13.5. The number of carbonyl (C=O) groups excluding carboxylic acids is 3. The largest absolute Gasteiger partial charge is 0.508 e. The van der Waals surface area contributed by atoms with Gasteiger partial charge in [0, 0.05) is 17.3 Å². The average molecular weight is 468 g/mol. The van der Waals surface area contributed by atoms with E-state index in [4.69, 9.17) is 4.74 Å². The summed E-state index contributed by atoms with van der Waals surface area (Å²) in [7, 11) is 0. The number of nitrogens with one attached hydrogen (secondary N) is 2. The Morgan fingerprint density at radius 1 is 1.06 bits per heavy atom. The molecule has 0 fully saturated rings. The summed E-state index contributed by atoms with van der Waals surface area (Å²) in [6.45, 7) is 14.3. The second-order valence-electron chi connectivity index (χ2n) is 9.95. The minimum absolute atomic E-state index is 0.0183. The van der Waals surface area contributed by atoms with Crippen molar-refractivity contribution in [3.05, 3.63) is 29.8 Å². The molecule has 0 saturated heterocycles. The lowest BCUT2D eigenvalue weighted by atomic mass is 9.99. The van der Waals surface area contributed by atoms with Crippen LogP contribution in [0.4, 0.5) is 4.79 Å². The molecule has 3 N–H and O–H groups in total. The number of hydrogen-bond donors (Lipinski definition) is 4. The molecule has 1 aromatic carbocycles. The Hall–Kier alpha value is -2.42. The number of thiol groups is 1. The van der Waals surface area contributed by atoms with Crippen LogP contribution < -0.4 is 10.6 Å². The fourth-order valence-electron chi connectivity index (χ4n) is 3.03. The smallest absolute Gasteiger partial charge is 0.408 e. The highest BCUT2D eigenvalue weighted by atomic mass is 32.1. The highest BCUT2D eigenvalue weighted by Crippen LogP contribution is 2.27. The molecule has 0 aliphatic rings. The van der Waals surface area contributed by atoms with Crippen LogP contribution in [0.3, 0.4) is 0 Å². The Bertz CT molecular complexity index is 797. The molecule has 3 amide bonds. The van der Waals surface area contributed by atoms with Gasteiger partial charge in [-0.05, 0) is 73.1 Å². The first kappa shape index (κ1) is 27.6. The van der Waals surface area contributed by atoms with E-state index >= 15 is 0 Å².